The summed E-state index contributed by atoms with van der Waals surface area (Å²) in [7, 11) is 0. The number of Topliss-reactive ketones (excluding diaryl/α,β-unsaturated/α-hetero) is 1. The van der Waals surface area contributed by atoms with Crippen LogP contribution in [0.2, 0.25) is 5.02 Å². The van der Waals surface area contributed by atoms with Crippen molar-refractivity contribution in [1.29, 1.82) is 0 Å². The first kappa shape index (κ1) is 11.0. The van der Waals surface area contributed by atoms with Crippen LogP contribution in [0.1, 0.15) is 19.3 Å². The van der Waals surface area contributed by atoms with Gasteiger partial charge in [0.2, 0.25) is 0 Å². The van der Waals surface area contributed by atoms with Gasteiger partial charge in [-0.2, -0.15) is 0 Å². The molecule has 80 valence electrons. The molecule has 1 aliphatic rings. The molecule has 0 aliphatic heterocycles. The fourth-order valence-electron chi connectivity index (χ4n) is 1.42. The molecule has 0 heterocycles. The van der Waals surface area contributed by atoms with Crippen LogP contribution in [0.5, 0.6) is 0 Å². The first-order chi connectivity index (χ1) is 7.24. The monoisotopic (exact) mass is 240 g/mol. The predicted molar refractivity (Wildman–Crippen MR) is 64.5 cm³/mol. The molecule has 0 saturated heterocycles. The van der Waals surface area contributed by atoms with Crippen molar-refractivity contribution in [3.8, 4) is 0 Å². The van der Waals surface area contributed by atoms with Crippen LogP contribution in [0.15, 0.2) is 29.2 Å². The molecule has 0 spiro atoms. The summed E-state index contributed by atoms with van der Waals surface area (Å²) in [5.41, 5.74) is 0. The number of hydrogen-bond donors (Lipinski definition) is 0. The molecule has 0 aromatic heterocycles. The second-order valence-corrected chi connectivity index (χ2v) is 5.42. The quantitative estimate of drug-likeness (QED) is 0.729. The Morgan fingerprint density at radius 1 is 1.47 bits per heavy atom. The van der Waals surface area contributed by atoms with Gasteiger partial charge in [-0.05, 0) is 37.0 Å². The molecule has 1 nitrogen and oxygen atoms in total. The molecule has 1 aromatic carbocycles. The number of ketones is 1. The lowest BCUT2D eigenvalue weighted by Gasteiger charge is -2.01. The van der Waals surface area contributed by atoms with Crippen molar-refractivity contribution >= 4 is 29.1 Å². The molecule has 0 radical (unpaired) electrons. The lowest BCUT2D eigenvalue weighted by Crippen LogP contribution is -2.01. The molecule has 0 amide bonds. The minimum Gasteiger partial charge on any atom is -0.299 e. The summed E-state index contributed by atoms with van der Waals surface area (Å²) in [4.78, 5) is 12.6. The molecular weight excluding hydrogens is 228 g/mol. The highest BCUT2D eigenvalue weighted by molar-refractivity contribution is 8.00. The highest BCUT2D eigenvalue weighted by atomic mass is 35.5. The van der Waals surface area contributed by atoms with E-state index in [9.17, 15) is 4.79 Å². The summed E-state index contributed by atoms with van der Waals surface area (Å²) < 4.78 is 0. The molecule has 2 rings (SSSR count). The fraction of sp³-hybridized carbons (Fsp3) is 0.417. The zero-order valence-corrected chi connectivity index (χ0v) is 9.98. The topological polar surface area (TPSA) is 17.1 Å². The third-order valence-corrected chi connectivity index (χ3v) is 3.70. The summed E-state index contributed by atoms with van der Waals surface area (Å²) >= 11 is 7.43. The summed E-state index contributed by atoms with van der Waals surface area (Å²) in [6.07, 6.45) is 3.26. The van der Waals surface area contributed by atoms with Crippen molar-refractivity contribution in [2.24, 2.45) is 5.92 Å². The molecular formula is C12H13ClOS. The van der Waals surface area contributed by atoms with Crippen LogP contribution in [0.4, 0.5) is 0 Å². The first-order valence-corrected chi connectivity index (χ1v) is 6.50. The highest BCUT2D eigenvalue weighted by Gasteiger charge is 2.23. The van der Waals surface area contributed by atoms with Crippen LogP contribution < -0.4 is 0 Å². The predicted octanol–water partition coefficient (Wildman–Crippen LogP) is 3.80. The summed E-state index contributed by atoms with van der Waals surface area (Å²) in [6, 6.07) is 7.64. The van der Waals surface area contributed by atoms with E-state index >= 15 is 0 Å². The van der Waals surface area contributed by atoms with E-state index in [0.717, 1.165) is 16.3 Å². The van der Waals surface area contributed by atoms with Crippen LogP contribution in [0.25, 0.3) is 0 Å². The largest absolute Gasteiger partial charge is 0.299 e. The fourth-order valence-corrected chi connectivity index (χ4v) is 2.51. The third-order valence-electron chi connectivity index (χ3n) is 2.41. The minimum absolute atomic E-state index is 0.363. The number of thioether (sulfide) groups is 1. The van der Waals surface area contributed by atoms with Crippen molar-refractivity contribution in [1.82, 2.24) is 0 Å². The van der Waals surface area contributed by atoms with E-state index in [0.29, 0.717) is 17.5 Å². The van der Waals surface area contributed by atoms with E-state index in [1.54, 1.807) is 11.8 Å². The van der Waals surface area contributed by atoms with Gasteiger partial charge in [0, 0.05) is 16.3 Å². The summed E-state index contributed by atoms with van der Waals surface area (Å²) in [6.45, 7) is 0. The molecule has 0 unspecified atom stereocenters. The molecule has 3 heteroatoms. The first-order valence-electron chi connectivity index (χ1n) is 5.14. The van der Waals surface area contributed by atoms with E-state index < -0.39 is 0 Å². The average molecular weight is 241 g/mol. The van der Waals surface area contributed by atoms with E-state index in [2.05, 4.69) is 0 Å². The maximum Gasteiger partial charge on any atom is 0.143 e. The lowest BCUT2D eigenvalue weighted by molar-refractivity contribution is -0.116. The van der Waals surface area contributed by atoms with Gasteiger partial charge in [0.1, 0.15) is 5.78 Å². The van der Waals surface area contributed by atoms with Crippen LogP contribution >= 0.6 is 23.4 Å². The Kier molecular flexibility index (Phi) is 3.71. The van der Waals surface area contributed by atoms with E-state index in [1.807, 2.05) is 24.3 Å². The lowest BCUT2D eigenvalue weighted by atomic mass is 10.2. The second kappa shape index (κ2) is 5.04. The van der Waals surface area contributed by atoms with Gasteiger partial charge >= 0.3 is 0 Å². The van der Waals surface area contributed by atoms with Gasteiger partial charge in [0.25, 0.3) is 0 Å². The Hall–Kier alpha value is -0.470. The zero-order valence-electron chi connectivity index (χ0n) is 8.41. The second-order valence-electron chi connectivity index (χ2n) is 3.93. The number of halogens is 1. The molecule has 15 heavy (non-hydrogen) atoms. The maximum absolute atomic E-state index is 11.5. The van der Waals surface area contributed by atoms with Crippen LogP contribution in [0.3, 0.4) is 0 Å². The standard InChI is InChI=1S/C12H13ClOS/c13-10-2-1-3-12(7-10)15-8-11(14)6-9-4-5-9/h1-3,7,9H,4-6,8H2. The molecule has 0 bridgehead atoms. The Morgan fingerprint density at radius 3 is 2.93 bits per heavy atom. The number of carbonyl (C=O) groups is 1. The van der Waals surface area contributed by atoms with Gasteiger partial charge in [-0.25, -0.2) is 0 Å². The number of benzene rings is 1. The Bertz CT molecular complexity index is 360. The highest BCUT2D eigenvalue weighted by Crippen LogP contribution is 2.33. The number of rotatable bonds is 5. The van der Waals surface area contributed by atoms with Crippen LogP contribution in [-0.4, -0.2) is 11.5 Å². The minimum atomic E-state index is 0.363. The molecule has 1 aromatic rings. The summed E-state index contributed by atoms with van der Waals surface area (Å²) in [5.74, 6) is 1.64. The van der Waals surface area contributed by atoms with E-state index in [1.165, 1.54) is 12.8 Å². The molecule has 1 aliphatic carbocycles. The van der Waals surface area contributed by atoms with Gasteiger partial charge in [-0.1, -0.05) is 17.7 Å². The SMILES string of the molecule is O=C(CSc1cccc(Cl)c1)CC1CC1. The zero-order chi connectivity index (χ0) is 10.7. The van der Waals surface area contributed by atoms with Gasteiger partial charge in [-0.15, -0.1) is 11.8 Å². The van der Waals surface area contributed by atoms with Crippen LogP contribution in [0, 0.1) is 5.92 Å². The van der Waals surface area contributed by atoms with Crippen molar-refractivity contribution in [2.75, 3.05) is 5.75 Å². The maximum atomic E-state index is 11.5. The van der Waals surface area contributed by atoms with Crippen molar-refractivity contribution in [3.05, 3.63) is 29.3 Å². The molecule has 1 saturated carbocycles. The Labute approximate surface area is 99.2 Å². The average Bonchev–Trinajstić information content (AvgIpc) is 2.99. The summed E-state index contributed by atoms with van der Waals surface area (Å²) in [5, 5.41) is 0.731. The van der Waals surface area contributed by atoms with Crippen molar-refractivity contribution < 1.29 is 4.79 Å². The number of carbonyl (C=O) groups excluding carboxylic acids is 1. The van der Waals surface area contributed by atoms with Crippen molar-refractivity contribution in [2.45, 2.75) is 24.2 Å². The molecule has 1 fully saturated rings. The molecule has 0 N–H and O–H groups in total. The van der Waals surface area contributed by atoms with Gasteiger partial charge in [-0.3, -0.25) is 4.79 Å². The van der Waals surface area contributed by atoms with Gasteiger partial charge in [0.15, 0.2) is 0 Å². The van der Waals surface area contributed by atoms with E-state index in [4.69, 9.17) is 11.6 Å². The number of hydrogen-bond acceptors (Lipinski definition) is 2. The third kappa shape index (κ3) is 3.88. The Morgan fingerprint density at radius 2 is 2.27 bits per heavy atom. The smallest absolute Gasteiger partial charge is 0.143 e. The van der Waals surface area contributed by atoms with Crippen molar-refractivity contribution in [3.63, 3.8) is 0 Å². The van der Waals surface area contributed by atoms with Crippen LogP contribution in [-0.2, 0) is 4.79 Å². The Balaban J connectivity index is 1.78. The van der Waals surface area contributed by atoms with Gasteiger partial charge < -0.3 is 0 Å². The molecule has 0 atom stereocenters. The normalized spacial score (nSPS) is 15.3. The van der Waals surface area contributed by atoms with E-state index in [-0.39, 0.29) is 0 Å². The van der Waals surface area contributed by atoms with Gasteiger partial charge in [0.05, 0.1) is 5.75 Å².